The Labute approximate surface area is 156 Å². The van der Waals surface area contributed by atoms with Crippen LogP contribution < -0.4 is 0 Å². The normalized spacial score (nSPS) is 18.8. The fraction of sp³-hybridized carbons (Fsp3) is 0.375. The fourth-order valence-electron chi connectivity index (χ4n) is 3.97. The van der Waals surface area contributed by atoms with Crippen molar-refractivity contribution in [2.24, 2.45) is 5.92 Å². The van der Waals surface area contributed by atoms with Crippen LogP contribution in [0.4, 0.5) is 0 Å². The maximum absolute atomic E-state index is 6.23. The Morgan fingerprint density at radius 3 is 2.73 bits per heavy atom. The lowest BCUT2D eigenvalue weighted by Gasteiger charge is -2.23. The molecule has 26 heavy (non-hydrogen) atoms. The second-order valence-corrected chi connectivity index (χ2v) is 7.37. The minimum atomic E-state index is 0.733. The lowest BCUT2D eigenvalue weighted by atomic mass is 9.90. The van der Waals surface area contributed by atoms with Crippen LogP contribution in [-0.4, -0.2) is 11.6 Å². The van der Waals surface area contributed by atoms with Gasteiger partial charge < -0.3 is 4.74 Å². The lowest BCUT2D eigenvalue weighted by molar-refractivity contribution is 0.146. The summed E-state index contributed by atoms with van der Waals surface area (Å²) in [5.41, 5.74) is 2.21. The Bertz CT molecular complexity index is 835. The quantitative estimate of drug-likeness (QED) is 0.621. The maximum Gasteiger partial charge on any atom is 0.122 e. The molecule has 1 aromatic heterocycles. The summed E-state index contributed by atoms with van der Waals surface area (Å²) < 4.78 is 6.23. The molecule has 2 aliphatic rings. The molecule has 0 amide bonds. The molecule has 0 saturated heterocycles. The maximum atomic E-state index is 6.23. The highest BCUT2D eigenvalue weighted by Gasteiger charge is 2.16. The number of allylic oxidation sites excluding steroid dienone is 3. The average Bonchev–Trinajstić information content (AvgIpc) is 2.72. The Morgan fingerprint density at radius 1 is 0.962 bits per heavy atom. The van der Waals surface area contributed by atoms with Crippen LogP contribution in [0.25, 0.3) is 16.8 Å². The van der Waals surface area contributed by atoms with Crippen LogP contribution in [0.15, 0.2) is 66.1 Å². The standard InChI is InChI=1S/C24H27NO/c1-2-8-19(9-3-1)18-26-24-13-7-5-11-21(24)14-15-23-22-12-6-4-10-20(22)16-17-25-23/h4,6,10-17,19H,1-3,5,7-9,18H2/b15-14+. The van der Waals surface area contributed by atoms with Crippen LogP contribution in [-0.2, 0) is 4.74 Å². The molecular formula is C24H27NO. The Balaban J connectivity index is 1.47. The van der Waals surface area contributed by atoms with E-state index in [9.17, 15) is 0 Å². The first kappa shape index (κ1) is 17.1. The predicted molar refractivity (Wildman–Crippen MR) is 109 cm³/mol. The van der Waals surface area contributed by atoms with E-state index in [0.717, 1.165) is 36.8 Å². The minimum Gasteiger partial charge on any atom is -0.493 e. The number of hydrogen-bond acceptors (Lipinski definition) is 2. The van der Waals surface area contributed by atoms with Crippen molar-refractivity contribution in [3.05, 3.63) is 71.8 Å². The molecule has 1 fully saturated rings. The van der Waals surface area contributed by atoms with E-state index in [1.54, 1.807) is 0 Å². The van der Waals surface area contributed by atoms with Crippen molar-refractivity contribution in [2.45, 2.75) is 44.9 Å². The van der Waals surface area contributed by atoms with Gasteiger partial charge in [-0.25, -0.2) is 0 Å². The Morgan fingerprint density at radius 2 is 1.81 bits per heavy atom. The van der Waals surface area contributed by atoms with Gasteiger partial charge in [0.1, 0.15) is 5.76 Å². The highest BCUT2D eigenvalue weighted by molar-refractivity contribution is 5.89. The predicted octanol–water partition coefficient (Wildman–Crippen LogP) is 6.45. The lowest BCUT2D eigenvalue weighted by Crippen LogP contribution is -2.14. The van der Waals surface area contributed by atoms with Crippen LogP contribution in [0.1, 0.15) is 50.6 Å². The van der Waals surface area contributed by atoms with Crippen LogP contribution in [0.2, 0.25) is 0 Å². The molecule has 0 atom stereocenters. The molecule has 0 N–H and O–H groups in total. The molecule has 2 nitrogen and oxygen atoms in total. The highest BCUT2D eigenvalue weighted by Crippen LogP contribution is 2.28. The first-order chi connectivity index (χ1) is 12.9. The van der Waals surface area contributed by atoms with Gasteiger partial charge in [0.05, 0.1) is 12.3 Å². The molecule has 2 aromatic rings. The van der Waals surface area contributed by atoms with Crippen molar-refractivity contribution >= 4 is 16.8 Å². The molecule has 1 heterocycles. The van der Waals surface area contributed by atoms with Crippen molar-refractivity contribution < 1.29 is 4.74 Å². The smallest absolute Gasteiger partial charge is 0.122 e. The molecule has 0 bridgehead atoms. The molecule has 134 valence electrons. The summed E-state index contributed by atoms with van der Waals surface area (Å²) in [6.45, 7) is 0.865. The molecule has 0 unspecified atom stereocenters. The van der Waals surface area contributed by atoms with Crippen molar-refractivity contribution in [1.29, 1.82) is 0 Å². The van der Waals surface area contributed by atoms with E-state index in [2.05, 4.69) is 59.6 Å². The highest BCUT2D eigenvalue weighted by atomic mass is 16.5. The van der Waals surface area contributed by atoms with Crippen LogP contribution in [0, 0.1) is 5.92 Å². The van der Waals surface area contributed by atoms with E-state index in [4.69, 9.17) is 4.74 Å². The van der Waals surface area contributed by atoms with Crippen LogP contribution >= 0.6 is 0 Å². The number of fused-ring (bicyclic) bond motifs is 1. The summed E-state index contributed by atoms with van der Waals surface area (Å²) >= 11 is 0. The molecule has 0 spiro atoms. The number of aromatic nitrogens is 1. The zero-order valence-corrected chi connectivity index (χ0v) is 15.4. The number of benzene rings is 1. The molecule has 0 aliphatic heterocycles. The zero-order valence-electron chi connectivity index (χ0n) is 15.4. The van der Waals surface area contributed by atoms with Gasteiger partial charge in [0.2, 0.25) is 0 Å². The summed E-state index contributed by atoms with van der Waals surface area (Å²) in [5, 5.41) is 2.42. The molecule has 1 saturated carbocycles. The number of ether oxygens (including phenoxy) is 1. The molecule has 4 rings (SSSR count). The fourth-order valence-corrected chi connectivity index (χ4v) is 3.97. The van der Waals surface area contributed by atoms with Crippen molar-refractivity contribution in [1.82, 2.24) is 4.98 Å². The average molecular weight is 345 g/mol. The third-order valence-corrected chi connectivity index (χ3v) is 5.47. The van der Waals surface area contributed by atoms with E-state index in [1.165, 1.54) is 48.4 Å². The molecule has 0 radical (unpaired) electrons. The first-order valence-corrected chi connectivity index (χ1v) is 9.95. The van der Waals surface area contributed by atoms with Gasteiger partial charge in [0.25, 0.3) is 0 Å². The minimum absolute atomic E-state index is 0.733. The summed E-state index contributed by atoms with van der Waals surface area (Å²) in [6, 6.07) is 10.5. The van der Waals surface area contributed by atoms with Gasteiger partial charge in [-0.3, -0.25) is 4.98 Å². The van der Waals surface area contributed by atoms with Crippen molar-refractivity contribution in [2.75, 3.05) is 6.61 Å². The Kier molecular flexibility index (Phi) is 5.49. The molecule has 2 aliphatic carbocycles. The SMILES string of the molecule is C1=C(/C=C/c2nccc3ccccc23)C(OCC2CCCCC2)=CCC1. The zero-order chi connectivity index (χ0) is 17.6. The molecule has 2 heteroatoms. The largest absolute Gasteiger partial charge is 0.493 e. The number of pyridine rings is 1. The van der Waals surface area contributed by atoms with Gasteiger partial charge in [0.15, 0.2) is 0 Å². The first-order valence-electron chi connectivity index (χ1n) is 9.95. The Hall–Kier alpha value is -2.35. The number of nitrogens with zero attached hydrogens (tertiary/aromatic N) is 1. The molecule has 1 aromatic carbocycles. The van der Waals surface area contributed by atoms with Crippen molar-refractivity contribution in [3.63, 3.8) is 0 Å². The van der Waals surface area contributed by atoms with Crippen LogP contribution in [0.5, 0.6) is 0 Å². The van der Waals surface area contributed by atoms with E-state index < -0.39 is 0 Å². The summed E-state index contributed by atoms with van der Waals surface area (Å²) in [4.78, 5) is 4.56. The van der Waals surface area contributed by atoms with E-state index in [0.29, 0.717) is 0 Å². The van der Waals surface area contributed by atoms with Gasteiger partial charge in [-0.15, -0.1) is 0 Å². The summed E-state index contributed by atoms with van der Waals surface area (Å²) in [5.74, 6) is 1.79. The van der Waals surface area contributed by atoms with Gasteiger partial charge in [-0.1, -0.05) is 49.6 Å². The monoisotopic (exact) mass is 345 g/mol. The van der Waals surface area contributed by atoms with Crippen molar-refractivity contribution in [3.8, 4) is 0 Å². The third-order valence-electron chi connectivity index (χ3n) is 5.47. The summed E-state index contributed by atoms with van der Waals surface area (Å²) in [6.07, 6.45) is 19.6. The second-order valence-electron chi connectivity index (χ2n) is 7.37. The second kappa shape index (κ2) is 8.35. The molecular weight excluding hydrogens is 318 g/mol. The number of rotatable bonds is 5. The van der Waals surface area contributed by atoms with Crippen LogP contribution in [0.3, 0.4) is 0 Å². The van der Waals surface area contributed by atoms with E-state index >= 15 is 0 Å². The van der Waals surface area contributed by atoms with Gasteiger partial charge in [-0.05, 0) is 61.3 Å². The third kappa shape index (κ3) is 4.07. The number of hydrogen-bond donors (Lipinski definition) is 0. The van der Waals surface area contributed by atoms with Gasteiger partial charge >= 0.3 is 0 Å². The summed E-state index contributed by atoms with van der Waals surface area (Å²) in [7, 11) is 0. The van der Waals surface area contributed by atoms with E-state index in [-0.39, 0.29) is 0 Å². The van der Waals surface area contributed by atoms with Gasteiger partial charge in [0, 0.05) is 17.2 Å². The van der Waals surface area contributed by atoms with Gasteiger partial charge in [-0.2, -0.15) is 0 Å². The topological polar surface area (TPSA) is 22.1 Å². The van der Waals surface area contributed by atoms with E-state index in [1.807, 2.05) is 6.20 Å².